The second-order valence-electron chi connectivity index (χ2n) is 7.50. The Balaban J connectivity index is 2.78. The predicted molar refractivity (Wildman–Crippen MR) is 104 cm³/mol. The Morgan fingerprint density at radius 1 is 0.885 bits per heavy atom. The molecule has 0 aliphatic carbocycles. The summed E-state index contributed by atoms with van der Waals surface area (Å²) in [5.74, 6) is -0.448. The number of benzene rings is 1. The zero-order valence-electron chi connectivity index (χ0n) is 16.8. The zero-order chi connectivity index (χ0) is 19.6. The summed E-state index contributed by atoms with van der Waals surface area (Å²) in [5.41, 5.74) is 2.50. The molecule has 1 rings (SSSR count). The van der Waals surface area contributed by atoms with Crippen LogP contribution < -0.4 is 4.90 Å². The lowest BCUT2D eigenvalue weighted by Gasteiger charge is -2.25. The minimum Gasteiger partial charge on any atom is -0.466 e. The van der Waals surface area contributed by atoms with Crippen molar-refractivity contribution in [1.29, 1.82) is 0 Å². The SMILES string of the molecule is CCOC(=O)CCN(CCC(=O)OCC)c1ccc(CC(C)(C)C)cc1. The fourth-order valence-electron chi connectivity index (χ4n) is 2.73. The van der Waals surface area contributed by atoms with E-state index in [-0.39, 0.29) is 17.4 Å². The van der Waals surface area contributed by atoms with Crippen molar-refractivity contribution in [3.63, 3.8) is 0 Å². The first-order valence-corrected chi connectivity index (χ1v) is 9.40. The molecule has 0 aliphatic rings. The third-order valence-corrected chi connectivity index (χ3v) is 3.82. The largest absolute Gasteiger partial charge is 0.466 e. The van der Waals surface area contributed by atoms with E-state index in [0.717, 1.165) is 12.1 Å². The Labute approximate surface area is 157 Å². The van der Waals surface area contributed by atoms with Gasteiger partial charge in [-0.1, -0.05) is 32.9 Å². The number of nitrogens with zero attached hydrogens (tertiary/aromatic N) is 1. The van der Waals surface area contributed by atoms with Crippen LogP contribution in [-0.2, 0) is 25.5 Å². The van der Waals surface area contributed by atoms with Crippen LogP contribution >= 0.6 is 0 Å². The molecule has 5 nitrogen and oxygen atoms in total. The van der Waals surface area contributed by atoms with Gasteiger partial charge in [-0.2, -0.15) is 0 Å². The molecule has 0 amide bonds. The van der Waals surface area contributed by atoms with E-state index in [1.807, 2.05) is 4.90 Å². The molecule has 146 valence electrons. The van der Waals surface area contributed by atoms with E-state index in [2.05, 4.69) is 45.0 Å². The van der Waals surface area contributed by atoms with Gasteiger partial charge in [-0.15, -0.1) is 0 Å². The molecule has 0 saturated carbocycles. The standard InChI is InChI=1S/C21H33NO4/c1-6-25-19(23)12-14-22(15-13-20(24)26-7-2)18-10-8-17(9-11-18)16-21(3,4)5/h8-11H,6-7,12-16H2,1-5H3. The van der Waals surface area contributed by atoms with Gasteiger partial charge in [-0.3, -0.25) is 9.59 Å². The lowest BCUT2D eigenvalue weighted by molar-refractivity contribution is -0.143. The number of rotatable bonds is 10. The molecule has 0 radical (unpaired) electrons. The van der Waals surface area contributed by atoms with E-state index in [4.69, 9.17) is 9.47 Å². The van der Waals surface area contributed by atoms with Crippen molar-refractivity contribution >= 4 is 17.6 Å². The quantitative estimate of drug-likeness (QED) is 0.588. The molecule has 0 aliphatic heterocycles. The van der Waals surface area contributed by atoms with Crippen LogP contribution in [0.2, 0.25) is 0 Å². The molecule has 0 atom stereocenters. The summed E-state index contributed by atoms with van der Waals surface area (Å²) in [6, 6.07) is 8.33. The molecule has 0 saturated heterocycles. The predicted octanol–water partition coefficient (Wildman–Crippen LogP) is 3.99. The maximum Gasteiger partial charge on any atom is 0.307 e. The van der Waals surface area contributed by atoms with E-state index in [1.165, 1.54) is 5.56 Å². The molecule has 0 spiro atoms. The van der Waals surface area contributed by atoms with Crippen molar-refractivity contribution in [2.75, 3.05) is 31.2 Å². The molecule has 1 aromatic rings. The number of anilines is 1. The van der Waals surface area contributed by atoms with E-state index in [0.29, 0.717) is 39.1 Å². The van der Waals surface area contributed by atoms with E-state index in [1.54, 1.807) is 13.8 Å². The highest BCUT2D eigenvalue weighted by Crippen LogP contribution is 2.23. The highest BCUT2D eigenvalue weighted by atomic mass is 16.5. The van der Waals surface area contributed by atoms with Crippen LogP contribution in [0.1, 0.15) is 53.0 Å². The molecule has 1 aromatic carbocycles. The van der Waals surface area contributed by atoms with Gasteiger partial charge in [0, 0.05) is 18.8 Å². The molecule has 0 N–H and O–H groups in total. The minimum atomic E-state index is -0.224. The lowest BCUT2D eigenvalue weighted by atomic mass is 9.88. The van der Waals surface area contributed by atoms with Crippen LogP contribution in [0.15, 0.2) is 24.3 Å². The van der Waals surface area contributed by atoms with Crippen LogP contribution in [0.5, 0.6) is 0 Å². The van der Waals surface area contributed by atoms with Crippen LogP contribution in [-0.4, -0.2) is 38.2 Å². The summed E-state index contributed by atoms with van der Waals surface area (Å²) in [6.07, 6.45) is 1.58. The van der Waals surface area contributed by atoms with Gasteiger partial charge in [0.2, 0.25) is 0 Å². The number of carbonyl (C=O) groups excluding carboxylic acids is 2. The van der Waals surface area contributed by atoms with Gasteiger partial charge in [-0.05, 0) is 43.4 Å². The Bertz CT molecular complexity index is 538. The monoisotopic (exact) mass is 363 g/mol. The third kappa shape index (κ3) is 8.88. The number of hydrogen-bond donors (Lipinski definition) is 0. The average molecular weight is 363 g/mol. The van der Waals surface area contributed by atoms with E-state index >= 15 is 0 Å². The van der Waals surface area contributed by atoms with Crippen LogP contribution in [0, 0.1) is 5.41 Å². The second-order valence-corrected chi connectivity index (χ2v) is 7.50. The van der Waals surface area contributed by atoms with Gasteiger partial charge in [0.15, 0.2) is 0 Å². The third-order valence-electron chi connectivity index (χ3n) is 3.82. The number of carbonyl (C=O) groups is 2. The molecule has 0 aromatic heterocycles. The van der Waals surface area contributed by atoms with Crippen molar-refractivity contribution < 1.29 is 19.1 Å². The van der Waals surface area contributed by atoms with Crippen LogP contribution in [0.4, 0.5) is 5.69 Å². The first-order chi connectivity index (χ1) is 12.2. The molecular formula is C21H33NO4. The Kier molecular flexibility index (Phi) is 9.17. The van der Waals surface area contributed by atoms with Gasteiger partial charge in [0.25, 0.3) is 0 Å². The number of hydrogen-bond acceptors (Lipinski definition) is 5. The summed E-state index contributed by atoms with van der Waals surface area (Å²) < 4.78 is 10.0. The second kappa shape index (κ2) is 10.8. The number of esters is 2. The van der Waals surface area contributed by atoms with E-state index in [9.17, 15) is 9.59 Å². The first kappa shape index (κ1) is 22.0. The Morgan fingerprint density at radius 2 is 1.35 bits per heavy atom. The zero-order valence-corrected chi connectivity index (χ0v) is 16.8. The summed E-state index contributed by atoms with van der Waals surface area (Å²) in [5, 5.41) is 0. The first-order valence-electron chi connectivity index (χ1n) is 9.40. The molecule has 0 unspecified atom stereocenters. The van der Waals surface area contributed by atoms with Gasteiger partial charge in [-0.25, -0.2) is 0 Å². The fourth-order valence-corrected chi connectivity index (χ4v) is 2.73. The van der Waals surface area contributed by atoms with Gasteiger partial charge >= 0.3 is 11.9 Å². The topological polar surface area (TPSA) is 55.8 Å². The Morgan fingerprint density at radius 3 is 1.73 bits per heavy atom. The number of ether oxygens (including phenoxy) is 2. The van der Waals surface area contributed by atoms with Crippen LogP contribution in [0.3, 0.4) is 0 Å². The fraction of sp³-hybridized carbons (Fsp3) is 0.619. The van der Waals surface area contributed by atoms with Crippen molar-refractivity contribution in [3.05, 3.63) is 29.8 Å². The van der Waals surface area contributed by atoms with Gasteiger partial charge in [0.05, 0.1) is 26.1 Å². The normalized spacial score (nSPS) is 11.1. The lowest BCUT2D eigenvalue weighted by Crippen LogP contribution is -2.29. The minimum absolute atomic E-state index is 0.224. The van der Waals surface area contributed by atoms with Gasteiger partial charge in [0.1, 0.15) is 0 Å². The molecule has 26 heavy (non-hydrogen) atoms. The molecule has 5 heteroatoms. The summed E-state index contributed by atoms with van der Waals surface area (Å²) >= 11 is 0. The maximum absolute atomic E-state index is 11.7. The van der Waals surface area contributed by atoms with Crippen molar-refractivity contribution in [2.45, 2.75) is 53.9 Å². The summed E-state index contributed by atoms with van der Waals surface area (Å²) in [4.78, 5) is 25.4. The summed E-state index contributed by atoms with van der Waals surface area (Å²) in [6.45, 7) is 12.0. The molecule has 0 bridgehead atoms. The van der Waals surface area contributed by atoms with Crippen molar-refractivity contribution in [1.82, 2.24) is 0 Å². The van der Waals surface area contributed by atoms with Crippen molar-refractivity contribution in [2.24, 2.45) is 5.41 Å². The molecule has 0 heterocycles. The average Bonchev–Trinajstić information content (AvgIpc) is 2.55. The van der Waals surface area contributed by atoms with Crippen molar-refractivity contribution in [3.8, 4) is 0 Å². The Hall–Kier alpha value is -2.04. The van der Waals surface area contributed by atoms with Crippen LogP contribution in [0.25, 0.3) is 0 Å². The highest BCUT2D eigenvalue weighted by molar-refractivity contribution is 5.71. The highest BCUT2D eigenvalue weighted by Gasteiger charge is 2.14. The maximum atomic E-state index is 11.7. The summed E-state index contributed by atoms with van der Waals surface area (Å²) in [7, 11) is 0. The molecule has 0 fully saturated rings. The van der Waals surface area contributed by atoms with Gasteiger partial charge < -0.3 is 14.4 Å². The molecular weight excluding hydrogens is 330 g/mol. The van der Waals surface area contributed by atoms with E-state index < -0.39 is 0 Å². The smallest absolute Gasteiger partial charge is 0.307 e.